The first kappa shape index (κ1) is 18.3. The Morgan fingerprint density at radius 1 is 1.46 bits per heavy atom. The number of hydrogen-bond acceptors (Lipinski definition) is 6. The maximum absolute atomic E-state index is 11.9. The molecule has 0 unspecified atom stereocenters. The molecular weight excluding hydrogens is 420 g/mol. The summed E-state index contributed by atoms with van der Waals surface area (Å²) < 4.78 is 5.64. The Bertz CT molecular complexity index is 918. The number of aromatic hydroxyl groups is 1. The Balaban J connectivity index is 1.54. The van der Waals surface area contributed by atoms with Crippen LogP contribution in [-0.4, -0.2) is 40.1 Å². The van der Waals surface area contributed by atoms with E-state index >= 15 is 0 Å². The number of carbonyl (C=O) groups excluding carboxylic acids is 1. The number of carbonyl (C=O) groups is 1. The molecule has 0 saturated carbocycles. The molecule has 0 atom stereocenters. The molecule has 0 radical (unpaired) electrons. The molecule has 9 heteroatoms. The fourth-order valence-corrected chi connectivity index (χ4v) is 3.53. The molecule has 3 rings (SSSR count). The van der Waals surface area contributed by atoms with Gasteiger partial charge in [0.2, 0.25) is 0 Å². The molecule has 0 aliphatic heterocycles. The van der Waals surface area contributed by atoms with Crippen molar-refractivity contribution in [2.45, 2.75) is 5.16 Å². The van der Waals surface area contributed by atoms with Gasteiger partial charge < -0.3 is 14.8 Å². The lowest BCUT2D eigenvalue weighted by Crippen LogP contribution is -2.19. The highest BCUT2D eigenvalue weighted by Crippen LogP contribution is 2.34. The Kier molecular flexibility index (Phi) is 5.79. The molecule has 0 aliphatic rings. The first-order valence-corrected chi connectivity index (χ1v) is 9.30. The van der Waals surface area contributed by atoms with Gasteiger partial charge in [0.15, 0.2) is 16.7 Å². The van der Waals surface area contributed by atoms with E-state index in [-0.39, 0.29) is 17.4 Å². The summed E-state index contributed by atoms with van der Waals surface area (Å²) in [4.78, 5) is 19.4. The highest BCUT2D eigenvalue weighted by atomic mass is 79.9. The van der Waals surface area contributed by atoms with E-state index in [4.69, 9.17) is 4.74 Å². The molecule has 3 N–H and O–H groups in total. The van der Waals surface area contributed by atoms with Crippen LogP contribution >= 0.6 is 27.7 Å². The van der Waals surface area contributed by atoms with E-state index in [1.165, 1.54) is 31.2 Å². The second-order valence-electron chi connectivity index (χ2n) is 5.20. The van der Waals surface area contributed by atoms with E-state index in [2.05, 4.69) is 36.4 Å². The number of amides is 1. The molecule has 0 aliphatic carbocycles. The number of methoxy groups -OCH3 is 1. The number of nitrogens with zero attached hydrogens (tertiary/aromatic N) is 2. The first-order chi connectivity index (χ1) is 12.6. The second-order valence-corrected chi connectivity index (χ2v) is 7.01. The number of aromatic amines is 1. The quantitative estimate of drug-likeness (QED) is 0.314. The number of thioether (sulfide) groups is 1. The van der Waals surface area contributed by atoms with Crippen molar-refractivity contribution < 1.29 is 14.6 Å². The predicted molar refractivity (Wildman–Crippen MR) is 105 cm³/mol. The molecule has 0 saturated heterocycles. The van der Waals surface area contributed by atoms with E-state index in [9.17, 15) is 9.90 Å². The zero-order valence-corrected chi connectivity index (χ0v) is 16.1. The van der Waals surface area contributed by atoms with Crippen LogP contribution in [0.3, 0.4) is 0 Å². The number of halogens is 1. The van der Waals surface area contributed by atoms with Gasteiger partial charge in [0.1, 0.15) is 0 Å². The maximum Gasteiger partial charge on any atom is 0.250 e. The normalized spacial score (nSPS) is 11.2. The first-order valence-electron chi connectivity index (χ1n) is 7.53. The van der Waals surface area contributed by atoms with Crippen LogP contribution in [0.1, 0.15) is 5.56 Å². The maximum atomic E-state index is 11.9. The number of hydrazone groups is 1. The van der Waals surface area contributed by atoms with Gasteiger partial charge in [0.05, 0.1) is 34.6 Å². The Hall–Kier alpha value is -2.52. The van der Waals surface area contributed by atoms with Gasteiger partial charge in [0, 0.05) is 0 Å². The van der Waals surface area contributed by atoms with E-state index in [1.807, 2.05) is 24.3 Å². The predicted octanol–water partition coefficient (Wildman–Crippen LogP) is 3.28. The third-order valence-electron chi connectivity index (χ3n) is 3.36. The molecular formula is C17H15BrN4O3S. The van der Waals surface area contributed by atoms with Crippen molar-refractivity contribution in [3.8, 4) is 11.5 Å². The Morgan fingerprint density at radius 2 is 2.27 bits per heavy atom. The summed E-state index contributed by atoms with van der Waals surface area (Å²) in [6.07, 6.45) is 1.44. The SMILES string of the molecule is COc1c(O)cc(/C=N/NC(=O)CSc2nc3ccccc3[nH]2)cc1Br. The summed E-state index contributed by atoms with van der Waals surface area (Å²) in [5.74, 6) is 0.237. The van der Waals surface area contributed by atoms with Crippen LogP contribution in [0.4, 0.5) is 0 Å². The van der Waals surface area contributed by atoms with E-state index in [0.717, 1.165) is 11.0 Å². The van der Waals surface area contributed by atoms with Crippen molar-refractivity contribution in [3.05, 3.63) is 46.4 Å². The average Bonchev–Trinajstić information content (AvgIpc) is 3.03. The smallest absolute Gasteiger partial charge is 0.250 e. The second kappa shape index (κ2) is 8.24. The third-order valence-corrected chi connectivity index (χ3v) is 4.82. The molecule has 1 amide bonds. The zero-order chi connectivity index (χ0) is 18.5. The summed E-state index contributed by atoms with van der Waals surface area (Å²) in [6.45, 7) is 0. The van der Waals surface area contributed by atoms with Crippen molar-refractivity contribution in [3.63, 3.8) is 0 Å². The molecule has 7 nitrogen and oxygen atoms in total. The van der Waals surface area contributed by atoms with Crippen LogP contribution in [-0.2, 0) is 4.79 Å². The number of fused-ring (bicyclic) bond motifs is 1. The van der Waals surface area contributed by atoms with Crippen molar-refractivity contribution >= 4 is 50.8 Å². The number of aromatic nitrogens is 2. The lowest BCUT2D eigenvalue weighted by atomic mass is 10.2. The largest absolute Gasteiger partial charge is 0.504 e. The molecule has 134 valence electrons. The van der Waals surface area contributed by atoms with Gasteiger partial charge >= 0.3 is 0 Å². The van der Waals surface area contributed by atoms with Gasteiger partial charge in [-0.3, -0.25) is 4.79 Å². The number of nitrogens with one attached hydrogen (secondary N) is 2. The fraction of sp³-hybridized carbons (Fsp3) is 0.118. The van der Waals surface area contributed by atoms with Crippen molar-refractivity contribution in [2.24, 2.45) is 5.10 Å². The van der Waals surface area contributed by atoms with Crippen LogP contribution < -0.4 is 10.2 Å². The summed E-state index contributed by atoms with van der Waals surface area (Å²) in [7, 11) is 1.47. The van der Waals surface area contributed by atoms with E-state index < -0.39 is 0 Å². The highest BCUT2D eigenvalue weighted by molar-refractivity contribution is 9.10. The number of imidazole rings is 1. The molecule has 1 aromatic heterocycles. The third kappa shape index (κ3) is 4.36. The van der Waals surface area contributed by atoms with Crippen LogP contribution in [0.15, 0.2) is 51.1 Å². The van der Waals surface area contributed by atoms with Gasteiger partial charge in [-0.05, 0) is 45.8 Å². The summed E-state index contributed by atoms with van der Waals surface area (Å²) >= 11 is 4.59. The fourth-order valence-electron chi connectivity index (χ4n) is 2.22. The number of benzene rings is 2. The number of phenolic OH excluding ortho intramolecular Hbond substituents is 1. The van der Waals surface area contributed by atoms with Gasteiger partial charge in [-0.15, -0.1) is 0 Å². The van der Waals surface area contributed by atoms with Crippen LogP contribution in [0.5, 0.6) is 11.5 Å². The number of rotatable bonds is 6. The topological polar surface area (TPSA) is 99.6 Å². The van der Waals surface area contributed by atoms with E-state index in [0.29, 0.717) is 20.9 Å². The lowest BCUT2D eigenvalue weighted by Gasteiger charge is -2.06. The lowest BCUT2D eigenvalue weighted by molar-refractivity contribution is -0.118. The molecule has 2 aromatic carbocycles. The highest BCUT2D eigenvalue weighted by Gasteiger charge is 2.08. The summed E-state index contributed by atoms with van der Waals surface area (Å²) in [5.41, 5.74) is 4.84. The minimum absolute atomic E-state index is 0.0184. The van der Waals surface area contributed by atoms with Gasteiger partial charge in [-0.25, -0.2) is 10.4 Å². The number of ether oxygens (including phenoxy) is 1. The molecule has 0 fully saturated rings. The average molecular weight is 435 g/mol. The Labute approximate surface area is 162 Å². The van der Waals surface area contributed by atoms with Crippen molar-refractivity contribution in [2.75, 3.05) is 12.9 Å². The van der Waals surface area contributed by atoms with Crippen molar-refractivity contribution in [1.29, 1.82) is 0 Å². The summed E-state index contributed by atoms with van der Waals surface area (Å²) in [6, 6.07) is 10.9. The van der Waals surface area contributed by atoms with Crippen LogP contribution in [0.25, 0.3) is 11.0 Å². The van der Waals surface area contributed by atoms with Crippen LogP contribution in [0, 0.1) is 0 Å². The number of phenols is 1. The number of para-hydroxylation sites is 2. The monoisotopic (exact) mass is 434 g/mol. The molecule has 3 aromatic rings. The Morgan fingerprint density at radius 3 is 3.00 bits per heavy atom. The van der Waals surface area contributed by atoms with E-state index in [1.54, 1.807) is 6.07 Å². The van der Waals surface area contributed by atoms with Crippen LogP contribution in [0.2, 0.25) is 0 Å². The minimum Gasteiger partial charge on any atom is -0.504 e. The van der Waals surface area contributed by atoms with Gasteiger partial charge in [-0.2, -0.15) is 5.10 Å². The molecule has 1 heterocycles. The summed E-state index contributed by atoms with van der Waals surface area (Å²) in [5, 5.41) is 14.4. The minimum atomic E-state index is -0.261. The standard InChI is InChI=1S/C17H15BrN4O3S/c1-25-16-11(18)6-10(7-14(16)23)8-19-22-15(24)9-26-17-20-12-4-2-3-5-13(12)21-17/h2-8,23H,9H2,1H3,(H,20,21)(H,22,24)/b19-8+. The van der Waals surface area contributed by atoms with Gasteiger partial charge in [0.25, 0.3) is 5.91 Å². The number of hydrogen-bond donors (Lipinski definition) is 3. The van der Waals surface area contributed by atoms with Gasteiger partial charge in [-0.1, -0.05) is 23.9 Å². The molecule has 26 heavy (non-hydrogen) atoms. The zero-order valence-electron chi connectivity index (χ0n) is 13.7. The number of H-pyrrole nitrogens is 1. The molecule has 0 bridgehead atoms. The molecule has 0 spiro atoms. The van der Waals surface area contributed by atoms with Crippen molar-refractivity contribution in [1.82, 2.24) is 15.4 Å².